The van der Waals surface area contributed by atoms with Gasteiger partial charge in [-0.15, -0.1) is 0 Å². The van der Waals surface area contributed by atoms with E-state index in [1.165, 1.54) is 6.07 Å². The molecule has 0 aliphatic carbocycles. The molecular formula is C15H22ClN3O3. The van der Waals surface area contributed by atoms with Crippen molar-refractivity contribution in [2.24, 2.45) is 5.92 Å². The molecule has 22 heavy (non-hydrogen) atoms. The second-order valence-electron chi connectivity index (χ2n) is 5.95. The molecule has 1 atom stereocenters. The topological polar surface area (TPSA) is 67.6 Å². The van der Waals surface area contributed by atoms with E-state index in [4.69, 9.17) is 16.3 Å². The van der Waals surface area contributed by atoms with Gasteiger partial charge in [0.25, 0.3) is 5.69 Å². The van der Waals surface area contributed by atoms with Gasteiger partial charge in [0.15, 0.2) is 0 Å². The van der Waals surface area contributed by atoms with Crippen molar-refractivity contribution in [3.63, 3.8) is 0 Å². The van der Waals surface area contributed by atoms with Gasteiger partial charge in [-0.2, -0.15) is 0 Å². The summed E-state index contributed by atoms with van der Waals surface area (Å²) < 4.78 is 5.74. The third kappa shape index (κ3) is 4.83. The molecule has 0 spiro atoms. The number of ether oxygens (including phenoxy) is 1. The zero-order valence-corrected chi connectivity index (χ0v) is 13.7. The number of nitrogens with one attached hydrogen (secondary N) is 1. The van der Waals surface area contributed by atoms with Gasteiger partial charge in [0.2, 0.25) is 0 Å². The molecule has 1 fully saturated rings. The number of morpholine rings is 1. The monoisotopic (exact) mass is 327 g/mol. The Hall–Kier alpha value is -1.37. The summed E-state index contributed by atoms with van der Waals surface area (Å²) in [7, 11) is 0. The Kier molecular flexibility index (Phi) is 5.99. The van der Waals surface area contributed by atoms with Crippen LogP contribution in [0.5, 0.6) is 0 Å². The van der Waals surface area contributed by atoms with Gasteiger partial charge in [-0.25, -0.2) is 0 Å². The van der Waals surface area contributed by atoms with E-state index >= 15 is 0 Å². The van der Waals surface area contributed by atoms with E-state index in [0.717, 1.165) is 19.6 Å². The van der Waals surface area contributed by atoms with Gasteiger partial charge in [0.1, 0.15) is 5.69 Å². The van der Waals surface area contributed by atoms with E-state index < -0.39 is 4.92 Å². The van der Waals surface area contributed by atoms with Crippen molar-refractivity contribution < 1.29 is 9.66 Å². The van der Waals surface area contributed by atoms with Crippen LogP contribution in [-0.4, -0.2) is 48.7 Å². The number of benzene rings is 1. The van der Waals surface area contributed by atoms with Crippen LogP contribution in [0.3, 0.4) is 0 Å². The highest BCUT2D eigenvalue weighted by Gasteiger charge is 2.22. The molecule has 122 valence electrons. The largest absolute Gasteiger partial charge is 0.377 e. The molecule has 1 aromatic rings. The predicted octanol–water partition coefficient (Wildman–Crippen LogP) is 3.02. The Bertz CT molecular complexity index is 525. The van der Waals surface area contributed by atoms with Crippen LogP contribution in [0.4, 0.5) is 11.4 Å². The third-order valence-electron chi connectivity index (χ3n) is 3.52. The number of anilines is 1. The fraction of sp³-hybridized carbons (Fsp3) is 0.600. The molecule has 0 amide bonds. The summed E-state index contributed by atoms with van der Waals surface area (Å²) in [6.45, 7) is 8.45. The maximum atomic E-state index is 11.1. The molecule has 0 aromatic heterocycles. The molecule has 0 radical (unpaired) electrons. The molecule has 1 aliphatic rings. The van der Waals surface area contributed by atoms with E-state index in [9.17, 15) is 10.1 Å². The summed E-state index contributed by atoms with van der Waals surface area (Å²) in [4.78, 5) is 13.0. The number of halogens is 1. The molecule has 0 bridgehead atoms. The summed E-state index contributed by atoms with van der Waals surface area (Å²) in [6, 6.07) is 4.63. The van der Waals surface area contributed by atoms with Crippen LogP contribution < -0.4 is 5.32 Å². The summed E-state index contributed by atoms with van der Waals surface area (Å²) in [6.07, 6.45) is 0.0304. The molecule has 1 saturated heterocycles. The zero-order valence-electron chi connectivity index (χ0n) is 12.9. The van der Waals surface area contributed by atoms with Gasteiger partial charge in [0.05, 0.1) is 17.6 Å². The number of rotatable bonds is 6. The van der Waals surface area contributed by atoms with Gasteiger partial charge in [0, 0.05) is 37.3 Å². The van der Waals surface area contributed by atoms with Crippen molar-refractivity contribution in [2.45, 2.75) is 20.0 Å². The van der Waals surface area contributed by atoms with E-state index in [2.05, 4.69) is 24.1 Å². The molecule has 1 N–H and O–H groups in total. The summed E-state index contributed by atoms with van der Waals surface area (Å²) in [5, 5.41) is 14.5. The average Bonchev–Trinajstić information content (AvgIpc) is 2.45. The molecule has 2 rings (SSSR count). The zero-order chi connectivity index (χ0) is 16.1. The lowest BCUT2D eigenvalue weighted by Crippen LogP contribution is -2.46. The molecule has 7 heteroatoms. The van der Waals surface area contributed by atoms with Crippen molar-refractivity contribution >= 4 is 23.0 Å². The Balaban J connectivity index is 1.94. The van der Waals surface area contributed by atoms with E-state index in [0.29, 0.717) is 29.8 Å². The summed E-state index contributed by atoms with van der Waals surface area (Å²) in [5.74, 6) is 0.615. The van der Waals surface area contributed by atoms with Crippen molar-refractivity contribution in [1.29, 1.82) is 0 Å². The lowest BCUT2D eigenvalue weighted by Gasteiger charge is -2.34. The van der Waals surface area contributed by atoms with Crippen LogP contribution >= 0.6 is 11.6 Å². The molecule has 1 aromatic carbocycles. The number of hydrogen-bond acceptors (Lipinski definition) is 5. The Morgan fingerprint density at radius 3 is 3.00 bits per heavy atom. The van der Waals surface area contributed by atoms with Crippen LogP contribution in [0.1, 0.15) is 13.8 Å². The predicted molar refractivity (Wildman–Crippen MR) is 87.6 cm³/mol. The van der Waals surface area contributed by atoms with Crippen LogP contribution in [-0.2, 0) is 4.74 Å². The van der Waals surface area contributed by atoms with E-state index in [-0.39, 0.29) is 11.8 Å². The normalized spacial score (nSPS) is 19.4. The summed E-state index contributed by atoms with van der Waals surface area (Å²) in [5.41, 5.74) is 0.460. The second kappa shape index (κ2) is 7.76. The van der Waals surface area contributed by atoms with Crippen LogP contribution in [0.2, 0.25) is 5.02 Å². The molecule has 1 heterocycles. The fourth-order valence-corrected chi connectivity index (χ4v) is 2.78. The van der Waals surface area contributed by atoms with Gasteiger partial charge in [-0.05, 0) is 18.1 Å². The maximum absolute atomic E-state index is 11.1. The van der Waals surface area contributed by atoms with Gasteiger partial charge >= 0.3 is 0 Å². The van der Waals surface area contributed by atoms with Crippen molar-refractivity contribution in [3.05, 3.63) is 33.3 Å². The minimum absolute atomic E-state index is 0.0117. The first-order valence-electron chi connectivity index (χ1n) is 7.47. The van der Waals surface area contributed by atoms with Crippen LogP contribution in [0, 0.1) is 16.0 Å². The van der Waals surface area contributed by atoms with Gasteiger partial charge in [-0.1, -0.05) is 25.4 Å². The number of nitro groups is 1. The lowest BCUT2D eigenvalue weighted by atomic mass is 10.1. The van der Waals surface area contributed by atoms with E-state index in [1.54, 1.807) is 12.1 Å². The first-order chi connectivity index (χ1) is 10.5. The first kappa shape index (κ1) is 17.0. The molecular weight excluding hydrogens is 306 g/mol. The molecule has 6 nitrogen and oxygen atoms in total. The highest BCUT2D eigenvalue weighted by atomic mass is 35.5. The Morgan fingerprint density at radius 2 is 2.32 bits per heavy atom. The Labute approximate surface area is 135 Å². The smallest absolute Gasteiger partial charge is 0.293 e. The SMILES string of the molecule is CC(C)CN1CCOC(CNc2ccc(Cl)cc2[N+](=O)[O-])C1. The maximum Gasteiger partial charge on any atom is 0.293 e. The minimum Gasteiger partial charge on any atom is -0.377 e. The highest BCUT2D eigenvalue weighted by molar-refractivity contribution is 6.30. The average molecular weight is 328 g/mol. The number of nitro benzene ring substituents is 1. The second-order valence-corrected chi connectivity index (χ2v) is 6.38. The molecule has 1 unspecified atom stereocenters. The lowest BCUT2D eigenvalue weighted by molar-refractivity contribution is -0.383. The van der Waals surface area contributed by atoms with Crippen LogP contribution in [0.25, 0.3) is 0 Å². The van der Waals surface area contributed by atoms with Crippen molar-refractivity contribution in [3.8, 4) is 0 Å². The quantitative estimate of drug-likeness (QED) is 0.642. The standard InChI is InChI=1S/C15H22ClN3O3/c1-11(2)9-18-5-6-22-13(10-18)8-17-14-4-3-12(16)7-15(14)19(20)21/h3-4,7,11,13,17H,5-6,8-10H2,1-2H3. The third-order valence-corrected chi connectivity index (χ3v) is 3.76. The minimum atomic E-state index is -0.430. The number of hydrogen-bond donors (Lipinski definition) is 1. The summed E-state index contributed by atoms with van der Waals surface area (Å²) >= 11 is 5.81. The molecule has 0 saturated carbocycles. The van der Waals surface area contributed by atoms with Gasteiger partial charge < -0.3 is 10.1 Å². The highest BCUT2D eigenvalue weighted by Crippen LogP contribution is 2.27. The van der Waals surface area contributed by atoms with Crippen LogP contribution in [0.15, 0.2) is 18.2 Å². The number of nitrogens with zero attached hydrogens (tertiary/aromatic N) is 2. The first-order valence-corrected chi connectivity index (χ1v) is 7.85. The Morgan fingerprint density at radius 1 is 1.55 bits per heavy atom. The van der Waals surface area contributed by atoms with Crippen molar-refractivity contribution in [2.75, 3.05) is 38.1 Å². The fourth-order valence-electron chi connectivity index (χ4n) is 2.62. The molecule has 1 aliphatic heterocycles. The van der Waals surface area contributed by atoms with Crippen molar-refractivity contribution in [1.82, 2.24) is 4.90 Å². The van der Waals surface area contributed by atoms with E-state index in [1.807, 2.05) is 0 Å². The van der Waals surface area contributed by atoms with Gasteiger partial charge in [-0.3, -0.25) is 15.0 Å².